The van der Waals surface area contributed by atoms with E-state index in [1.807, 2.05) is 0 Å². The first-order valence-corrected chi connectivity index (χ1v) is 11.4. The molecule has 0 radical (unpaired) electrons. The summed E-state index contributed by atoms with van der Waals surface area (Å²) >= 11 is 0. The van der Waals surface area contributed by atoms with Crippen LogP contribution in [0.1, 0.15) is 44.9 Å². The van der Waals surface area contributed by atoms with Crippen LogP contribution >= 0.6 is 0 Å². The van der Waals surface area contributed by atoms with E-state index in [1.165, 1.54) is 0 Å². The van der Waals surface area contributed by atoms with Crippen LogP contribution in [-0.2, 0) is 33.3 Å². The zero-order valence-electron chi connectivity index (χ0n) is 19.4. The summed E-state index contributed by atoms with van der Waals surface area (Å²) in [6.45, 7) is 2.61. The topological polar surface area (TPSA) is 193 Å². The van der Waals surface area contributed by atoms with Crippen LogP contribution in [-0.4, -0.2) is 99.5 Å². The number of ether oxygens (including phenoxy) is 4. The number of aliphatic hydroxyl groups excluding tert-OH is 1. The van der Waals surface area contributed by atoms with Crippen LogP contribution in [0.25, 0.3) is 0 Å². The van der Waals surface area contributed by atoms with Gasteiger partial charge in [-0.2, -0.15) is 0 Å². The molecule has 0 aromatic carbocycles. The number of rotatable bonds is 23. The van der Waals surface area contributed by atoms with Gasteiger partial charge in [-0.3, -0.25) is 14.4 Å². The molecule has 12 heteroatoms. The average molecular weight is 480 g/mol. The molecule has 1 amide bonds. The van der Waals surface area contributed by atoms with Crippen LogP contribution < -0.4 is 16.8 Å². The van der Waals surface area contributed by atoms with Gasteiger partial charge in [-0.25, -0.2) is 0 Å². The van der Waals surface area contributed by atoms with E-state index < -0.39 is 24.0 Å². The molecule has 0 aliphatic heterocycles. The Morgan fingerprint density at radius 2 is 1.36 bits per heavy atom. The van der Waals surface area contributed by atoms with Crippen molar-refractivity contribution in [3.8, 4) is 0 Å². The zero-order chi connectivity index (χ0) is 24.7. The fraction of sp³-hybridized carbons (Fsp3) is 0.857. The largest absolute Gasteiger partial charge is 0.480 e. The van der Waals surface area contributed by atoms with Crippen LogP contribution in [0.5, 0.6) is 0 Å². The van der Waals surface area contributed by atoms with Crippen molar-refractivity contribution in [1.29, 1.82) is 0 Å². The number of aliphatic hydroxyl groups is 1. The number of carboxylic acid groups (broad SMARTS) is 1. The van der Waals surface area contributed by atoms with Crippen LogP contribution in [0.3, 0.4) is 0 Å². The number of amides is 1. The third-order valence-electron chi connectivity index (χ3n) is 4.50. The molecule has 0 aromatic rings. The Kier molecular flexibility index (Phi) is 20.8. The van der Waals surface area contributed by atoms with E-state index >= 15 is 0 Å². The van der Waals surface area contributed by atoms with Crippen molar-refractivity contribution in [3.63, 3.8) is 0 Å². The molecule has 0 aromatic heterocycles. The van der Waals surface area contributed by atoms with Gasteiger partial charge >= 0.3 is 11.9 Å². The van der Waals surface area contributed by atoms with Crippen LogP contribution in [0, 0.1) is 0 Å². The molecular weight excluding hydrogens is 438 g/mol. The van der Waals surface area contributed by atoms with E-state index in [1.54, 1.807) is 0 Å². The second kappa shape index (κ2) is 22.0. The Balaban J connectivity index is 3.52. The standard InChI is InChI=1S/C21H41N3O9/c22-17(20(27)28)5-3-1-2-4-10-33-21(29)18(23)6-8-24-19(26)7-11-30-13-15-32-16-14-31-12-9-25/h17-18,25H,1-16,22-23H2,(H,24,26)(H,27,28)/t17-,18-/m0/s1. The minimum absolute atomic E-state index is 0.0162. The highest BCUT2D eigenvalue weighted by atomic mass is 16.5. The number of carboxylic acids is 1. The van der Waals surface area contributed by atoms with E-state index in [4.69, 9.17) is 40.6 Å². The van der Waals surface area contributed by atoms with Crippen molar-refractivity contribution in [2.75, 3.05) is 59.4 Å². The molecule has 0 rings (SSSR count). The smallest absolute Gasteiger partial charge is 0.322 e. The number of aliphatic carboxylic acids is 1. The first-order valence-electron chi connectivity index (χ1n) is 11.4. The maximum Gasteiger partial charge on any atom is 0.322 e. The average Bonchev–Trinajstić information content (AvgIpc) is 2.79. The highest BCUT2D eigenvalue weighted by Crippen LogP contribution is 2.05. The molecule has 12 nitrogen and oxygen atoms in total. The fourth-order valence-electron chi connectivity index (χ4n) is 2.57. The number of hydrogen-bond donors (Lipinski definition) is 5. The van der Waals surface area contributed by atoms with Crippen molar-refractivity contribution in [2.24, 2.45) is 11.5 Å². The molecule has 2 atom stereocenters. The van der Waals surface area contributed by atoms with Gasteiger partial charge in [0.05, 0.1) is 52.9 Å². The molecule has 0 heterocycles. The Labute approximate surface area is 195 Å². The van der Waals surface area contributed by atoms with Crippen molar-refractivity contribution in [2.45, 2.75) is 57.0 Å². The molecule has 0 aliphatic rings. The van der Waals surface area contributed by atoms with Crippen molar-refractivity contribution in [3.05, 3.63) is 0 Å². The lowest BCUT2D eigenvalue weighted by molar-refractivity contribution is -0.145. The Morgan fingerprint density at radius 1 is 0.758 bits per heavy atom. The molecule has 7 N–H and O–H groups in total. The van der Waals surface area contributed by atoms with Gasteiger partial charge in [0.1, 0.15) is 12.1 Å². The second-order valence-corrected chi connectivity index (χ2v) is 7.37. The monoisotopic (exact) mass is 479 g/mol. The number of hydrogen-bond acceptors (Lipinski definition) is 10. The molecule has 0 aliphatic carbocycles. The number of unbranched alkanes of at least 4 members (excludes halogenated alkanes) is 3. The van der Waals surface area contributed by atoms with Gasteiger partial charge in [-0.1, -0.05) is 19.3 Å². The van der Waals surface area contributed by atoms with E-state index in [9.17, 15) is 14.4 Å². The highest BCUT2D eigenvalue weighted by Gasteiger charge is 2.15. The third-order valence-corrected chi connectivity index (χ3v) is 4.50. The molecule has 33 heavy (non-hydrogen) atoms. The Hall–Kier alpha value is -1.83. The quantitative estimate of drug-likeness (QED) is 0.0906. The fourth-order valence-corrected chi connectivity index (χ4v) is 2.57. The summed E-state index contributed by atoms with van der Waals surface area (Å²) in [5.41, 5.74) is 11.2. The number of carbonyl (C=O) groups excluding carboxylic acids is 2. The van der Waals surface area contributed by atoms with Crippen LogP contribution in [0.2, 0.25) is 0 Å². The highest BCUT2D eigenvalue weighted by molar-refractivity contribution is 5.77. The van der Waals surface area contributed by atoms with E-state index in [0.29, 0.717) is 45.7 Å². The van der Waals surface area contributed by atoms with Crippen molar-refractivity contribution >= 4 is 17.8 Å². The SMILES string of the molecule is N[C@@H](CCCCCCOC(=O)[C@@H](N)CCNC(=O)CCOCCOCCOCCO)C(=O)O. The lowest BCUT2D eigenvalue weighted by Crippen LogP contribution is -2.37. The van der Waals surface area contributed by atoms with Crippen molar-refractivity contribution in [1.82, 2.24) is 5.32 Å². The maximum absolute atomic E-state index is 11.9. The molecule has 0 saturated heterocycles. The molecule has 0 spiro atoms. The number of nitrogens with one attached hydrogen (secondary N) is 1. The predicted octanol–water partition coefficient (Wildman–Crippen LogP) is -0.842. The van der Waals surface area contributed by atoms with E-state index in [0.717, 1.165) is 12.8 Å². The van der Waals surface area contributed by atoms with Gasteiger partial charge < -0.3 is 45.9 Å². The summed E-state index contributed by atoms with van der Waals surface area (Å²) in [5, 5.41) is 19.9. The zero-order valence-corrected chi connectivity index (χ0v) is 19.4. The molecule has 0 bridgehead atoms. The molecule has 0 unspecified atom stereocenters. The molecule has 194 valence electrons. The van der Waals surface area contributed by atoms with E-state index in [2.05, 4.69) is 5.32 Å². The lowest BCUT2D eigenvalue weighted by Gasteiger charge is -2.12. The summed E-state index contributed by atoms with van der Waals surface area (Å²) in [5.74, 6) is -1.71. The summed E-state index contributed by atoms with van der Waals surface area (Å²) in [4.78, 5) is 34.2. The second-order valence-electron chi connectivity index (χ2n) is 7.37. The first-order chi connectivity index (χ1) is 15.9. The van der Waals surface area contributed by atoms with Gasteiger partial charge in [-0.15, -0.1) is 0 Å². The number of esters is 1. The minimum Gasteiger partial charge on any atom is -0.480 e. The summed E-state index contributed by atoms with van der Waals surface area (Å²) in [6, 6.07) is -1.64. The van der Waals surface area contributed by atoms with Crippen LogP contribution in [0.15, 0.2) is 0 Å². The molecule has 0 fully saturated rings. The Morgan fingerprint density at radius 3 is 2.00 bits per heavy atom. The molecule has 0 saturated carbocycles. The summed E-state index contributed by atoms with van der Waals surface area (Å²) in [7, 11) is 0. The minimum atomic E-state index is -0.998. The normalized spacial score (nSPS) is 12.8. The van der Waals surface area contributed by atoms with Gasteiger partial charge in [0.15, 0.2) is 0 Å². The third kappa shape index (κ3) is 20.5. The van der Waals surface area contributed by atoms with Crippen molar-refractivity contribution < 1.29 is 43.5 Å². The van der Waals surface area contributed by atoms with Gasteiger partial charge in [0.25, 0.3) is 0 Å². The lowest BCUT2D eigenvalue weighted by atomic mass is 10.1. The molecular formula is C21H41N3O9. The van der Waals surface area contributed by atoms with Gasteiger partial charge in [0.2, 0.25) is 5.91 Å². The van der Waals surface area contributed by atoms with Crippen LogP contribution in [0.4, 0.5) is 0 Å². The number of carbonyl (C=O) groups is 3. The number of nitrogens with two attached hydrogens (primary N) is 2. The summed E-state index contributed by atoms with van der Waals surface area (Å²) in [6.07, 6.45) is 3.88. The van der Waals surface area contributed by atoms with E-state index in [-0.39, 0.29) is 51.7 Å². The maximum atomic E-state index is 11.9. The summed E-state index contributed by atoms with van der Waals surface area (Å²) < 4.78 is 20.7. The van der Waals surface area contributed by atoms with Gasteiger partial charge in [0, 0.05) is 13.0 Å². The Bertz CT molecular complexity index is 523. The first kappa shape index (κ1) is 31.2. The van der Waals surface area contributed by atoms with Gasteiger partial charge in [-0.05, 0) is 19.3 Å². The predicted molar refractivity (Wildman–Crippen MR) is 119 cm³/mol.